The normalized spacial score (nSPS) is 10.9. The van der Waals surface area contributed by atoms with Gasteiger partial charge in [0.25, 0.3) is 0 Å². The molecule has 0 saturated heterocycles. The predicted octanol–water partition coefficient (Wildman–Crippen LogP) is 4.25. The first-order valence-electron chi connectivity index (χ1n) is 5.53. The lowest BCUT2D eigenvalue weighted by molar-refractivity contribution is 0.475. The minimum Gasteiger partial charge on any atom is -0.508 e. The number of hydrogen-bond donors (Lipinski definition) is 1. The highest BCUT2D eigenvalue weighted by molar-refractivity contribution is 7.18. The molecule has 2 nitrogen and oxygen atoms in total. The van der Waals surface area contributed by atoms with Crippen LogP contribution in [0.1, 0.15) is 10.6 Å². The maximum atomic E-state index is 9.24. The van der Waals surface area contributed by atoms with Gasteiger partial charge in [-0.1, -0.05) is 23.7 Å². The molecule has 3 aromatic rings. The van der Waals surface area contributed by atoms with Crippen molar-refractivity contribution in [3.05, 3.63) is 58.1 Å². The molecule has 0 spiro atoms. The third kappa shape index (κ3) is 2.33. The molecule has 0 radical (unpaired) electrons. The minimum atomic E-state index is 0.287. The van der Waals surface area contributed by atoms with Crippen molar-refractivity contribution in [2.24, 2.45) is 0 Å². The van der Waals surface area contributed by atoms with Gasteiger partial charge < -0.3 is 5.11 Å². The van der Waals surface area contributed by atoms with Crippen LogP contribution in [0, 0.1) is 0 Å². The first-order chi connectivity index (χ1) is 8.70. The number of fused-ring (bicyclic) bond motifs is 1. The molecule has 90 valence electrons. The van der Waals surface area contributed by atoms with Crippen LogP contribution in [0.2, 0.25) is 5.02 Å². The Bertz CT molecular complexity index is 691. The fraction of sp³-hybridized carbons (Fsp3) is 0.0714. The molecule has 0 saturated carbocycles. The van der Waals surface area contributed by atoms with E-state index in [-0.39, 0.29) is 5.75 Å². The molecule has 2 aromatic carbocycles. The second kappa shape index (κ2) is 4.59. The zero-order chi connectivity index (χ0) is 12.5. The van der Waals surface area contributed by atoms with Crippen molar-refractivity contribution >= 4 is 33.2 Å². The highest BCUT2D eigenvalue weighted by atomic mass is 35.5. The van der Waals surface area contributed by atoms with E-state index in [0.717, 1.165) is 32.2 Å². The Kier molecular flexibility index (Phi) is 2.94. The fourth-order valence-corrected chi connectivity index (χ4v) is 3.09. The van der Waals surface area contributed by atoms with Gasteiger partial charge in [0.2, 0.25) is 0 Å². The van der Waals surface area contributed by atoms with Crippen LogP contribution in [0.15, 0.2) is 42.5 Å². The summed E-state index contributed by atoms with van der Waals surface area (Å²) in [6, 6.07) is 12.9. The van der Waals surface area contributed by atoms with Crippen LogP contribution in [-0.4, -0.2) is 10.1 Å². The smallest absolute Gasteiger partial charge is 0.115 e. The minimum absolute atomic E-state index is 0.287. The molecule has 0 amide bonds. The molecular formula is C14H10ClNOS. The molecule has 18 heavy (non-hydrogen) atoms. The predicted molar refractivity (Wildman–Crippen MR) is 75.5 cm³/mol. The zero-order valence-electron chi connectivity index (χ0n) is 9.43. The third-order valence-electron chi connectivity index (χ3n) is 2.69. The summed E-state index contributed by atoms with van der Waals surface area (Å²) in [5, 5.41) is 11.0. The van der Waals surface area contributed by atoms with E-state index in [0.29, 0.717) is 0 Å². The fourth-order valence-electron chi connectivity index (χ4n) is 1.81. The van der Waals surface area contributed by atoms with E-state index in [2.05, 4.69) is 4.98 Å². The van der Waals surface area contributed by atoms with E-state index in [1.165, 1.54) is 0 Å². The van der Waals surface area contributed by atoms with Gasteiger partial charge >= 0.3 is 0 Å². The number of benzene rings is 2. The number of nitrogens with zero attached hydrogens (tertiary/aromatic N) is 1. The average Bonchev–Trinajstić information content (AvgIpc) is 2.73. The molecule has 1 aromatic heterocycles. The molecule has 0 fully saturated rings. The maximum Gasteiger partial charge on any atom is 0.115 e. The van der Waals surface area contributed by atoms with Crippen LogP contribution in [0.25, 0.3) is 10.2 Å². The Labute approximate surface area is 113 Å². The van der Waals surface area contributed by atoms with Gasteiger partial charge in [0.15, 0.2) is 0 Å². The Balaban J connectivity index is 1.92. The van der Waals surface area contributed by atoms with Crippen LogP contribution < -0.4 is 0 Å². The van der Waals surface area contributed by atoms with Crippen LogP contribution in [0.4, 0.5) is 0 Å². The van der Waals surface area contributed by atoms with E-state index in [4.69, 9.17) is 11.6 Å². The Morgan fingerprint density at radius 1 is 1.11 bits per heavy atom. The van der Waals surface area contributed by atoms with E-state index in [1.807, 2.05) is 30.3 Å². The molecule has 0 atom stereocenters. The number of thiazole rings is 1. The lowest BCUT2D eigenvalue weighted by Gasteiger charge is -1.97. The topological polar surface area (TPSA) is 33.1 Å². The van der Waals surface area contributed by atoms with Gasteiger partial charge in [-0.2, -0.15) is 0 Å². The molecule has 1 N–H and O–H groups in total. The zero-order valence-corrected chi connectivity index (χ0v) is 11.0. The second-order valence-electron chi connectivity index (χ2n) is 4.06. The lowest BCUT2D eigenvalue weighted by Crippen LogP contribution is -1.85. The summed E-state index contributed by atoms with van der Waals surface area (Å²) in [4.78, 5) is 4.57. The SMILES string of the molecule is Oc1ccc(Cc2nc3ccc(Cl)cc3s2)cc1. The van der Waals surface area contributed by atoms with Gasteiger partial charge in [0.05, 0.1) is 15.2 Å². The van der Waals surface area contributed by atoms with Crippen molar-refractivity contribution < 1.29 is 5.11 Å². The summed E-state index contributed by atoms with van der Waals surface area (Å²) in [6.45, 7) is 0. The molecular weight excluding hydrogens is 266 g/mol. The number of aromatic hydroxyl groups is 1. The first kappa shape index (κ1) is 11.5. The molecule has 0 aliphatic carbocycles. The summed E-state index contributed by atoms with van der Waals surface area (Å²) in [5.74, 6) is 0.287. The molecule has 0 bridgehead atoms. The van der Waals surface area contributed by atoms with Crippen LogP contribution in [0.5, 0.6) is 5.75 Å². The van der Waals surface area contributed by atoms with Crippen molar-refractivity contribution in [1.82, 2.24) is 4.98 Å². The van der Waals surface area contributed by atoms with Gasteiger partial charge in [-0.25, -0.2) is 4.98 Å². The molecule has 4 heteroatoms. The Morgan fingerprint density at radius 3 is 2.67 bits per heavy atom. The highest BCUT2D eigenvalue weighted by Gasteiger charge is 2.05. The number of phenols is 1. The molecule has 0 aliphatic rings. The monoisotopic (exact) mass is 275 g/mol. The second-order valence-corrected chi connectivity index (χ2v) is 5.61. The standard InChI is InChI=1S/C14H10ClNOS/c15-10-3-6-12-13(8-10)18-14(16-12)7-9-1-4-11(17)5-2-9/h1-6,8,17H,7H2. The number of rotatable bonds is 2. The maximum absolute atomic E-state index is 9.24. The van der Waals surface area contributed by atoms with Crippen LogP contribution in [-0.2, 0) is 6.42 Å². The molecule has 0 unspecified atom stereocenters. The van der Waals surface area contributed by atoms with Crippen molar-refractivity contribution in [3.63, 3.8) is 0 Å². The number of halogens is 1. The van der Waals surface area contributed by atoms with E-state index in [9.17, 15) is 5.11 Å². The number of hydrogen-bond acceptors (Lipinski definition) is 3. The molecule has 3 rings (SSSR count). The van der Waals surface area contributed by atoms with Crippen LogP contribution >= 0.6 is 22.9 Å². The summed E-state index contributed by atoms with van der Waals surface area (Å²) in [5.41, 5.74) is 2.12. The summed E-state index contributed by atoms with van der Waals surface area (Å²) in [6.07, 6.45) is 0.775. The van der Waals surface area contributed by atoms with Crippen molar-refractivity contribution in [2.45, 2.75) is 6.42 Å². The average molecular weight is 276 g/mol. The molecule has 1 heterocycles. The van der Waals surface area contributed by atoms with Gasteiger partial charge in [0, 0.05) is 11.4 Å². The highest BCUT2D eigenvalue weighted by Crippen LogP contribution is 2.26. The summed E-state index contributed by atoms with van der Waals surface area (Å²) >= 11 is 7.61. The van der Waals surface area contributed by atoms with E-state index in [1.54, 1.807) is 23.5 Å². The number of phenolic OH excluding ortho intramolecular Hbond substituents is 1. The Morgan fingerprint density at radius 2 is 1.89 bits per heavy atom. The quantitative estimate of drug-likeness (QED) is 0.759. The largest absolute Gasteiger partial charge is 0.508 e. The van der Waals surface area contributed by atoms with Gasteiger partial charge in [0.1, 0.15) is 5.75 Å². The molecule has 0 aliphatic heterocycles. The van der Waals surface area contributed by atoms with Gasteiger partial charge in [-0.15, -0.1) is 11.3 Å². The summed E-state index contributed by atoms with van der Waals surface area (Å²) in [7, 11) is 0. The first-order valence-corrected chi connectivity index (χ1v) is 6.73. The summed E-state index contributed by atoms with van der Waals surface area (Å²) < 4.78 is 1.11. The van der Waals surface area contributed by atoms with Crippen molar-refractivity contribution in [3.8, 4) is 5.75 Å². The van der Waals surface area contributed by atoms with E-state index < -0.39 is 0 Å². The Hall–Kier alpha value is -1.58. The third-order valence-corrected chi connectivity index (χ3v) is 3.94. The van der Waals surface area contributed by atoms with Crippen molar-refractivity contribution in [2.75, 3.05) is 0 Å². The van der Waals surface area contributed by atoms with Crippen LogP contribution in [0.3, 0.4) is 0 Å². The lowest BCUT2D eigenvalue weighted by atomic mass is 10.1. The van der Waals surface area contributed by atoms with Gasteiger partial charge in [-0.05, 0) is 35.9 Å². The van der Waals surface area contributed by atoms with Crippen molar-refractivity contribution in [1.29, 1.82) is 0 Å². The van der Waals surface area contributed by atoms with Gasteiger partial charge in [-0.3, -0.25) is 0 Å². The van der Waals surface area contributed by atoms with E-state index >= 15 is 0 Å². The number of aromatic nitrogens is 1.